The second-order valence-corrected chi connectivity index (χ2v) is 5.76. The average molecular weight is 261 g/mol. The van der Waals surface area contributed by atoms with Crippen molar-refractivity contribution < 1.29 is 9.90 Å². The molecule has 0 amide bonds. The number of benzene rings is 1. The van der Waals surface area contributed by atoms with E-state index in [4.69, 9.17) is 5.11 Å². The van der Waals surface area contributed by atoms with Crippen LogP contribution in [0.3, 0.4) is 0 Å². The second-order valence-electron chi connectivity index (χ2n) is 5.76. The quantitative estimate of drug-likeness (QED) is 0.874. The maximum atomic E-state index is 10.8. The van der Waals surface area contributed by atoms with Crippen molar-refractivity contribution in [1.82, 2.24) is 5.32 Å². The number of hydrogen-bond acceptors (Lipinski definition) is 2. The molecule has 1 aromatic rings. The fourth-order valence-corrected chi connectivity index (χ4v) is 2.88. The molecule has 19 heavy (non-hydrogen) atoms. The number of hydrogen-bond donors (Lipinski definition) is 2. The fourth-order valence-electron chi connectivity index (χ4n) is 2.88. The first-order valence-electron chi connectivity index (χ1n) is 7.13. The number of aromatic carboxylic acids is 1. The molecule has 104 valence electrons. The van der Waals surface area contributed by atoms with Gasteiger partial charge in [0.15, 0.2) is 0 Å². The van der Waals surface area contributed by atoms with Crippen LogP contribution in [0.1, 0.15) is 49.0 Å². The summed E-state index contributed by atoms with van der Waals surface area (Å²) < 4.78 is 0. The first-order valence-corrected chi connectivity index (χ1v) is 7.13. The molecular weight excluding hydrogens is 238 g/mol. The predicted molar refractivity (Wildman–Crippen MR) is 76.2 cm³/mol. The van der Waals surface area contributed by atoms with Crippen molar-refractivity contribution >= 4 is 5.97 Å². The molecule has 0 spiro atoms. The number of carbonyl (C=O) groups is 1. The van der Waals surface area contributed by atoms with E-state index in [-0.39, 0.29) is 0 Å². The van der Waals surface area contributed by atoms with Crippen LogP contribution in [0.5, 0.6) is 0 Å². The van der Waals surface area contributed by atoms with Gasteiger partial charge in [-0.05, 0) is 36.0 Å². The molecule has 3 unspecified atom stereocenters. The van der Waals surface area contributed by atoms with Crippen LogP contribution in [0.15, 0.2) is 24.3 Å². The van der Waals surface area contributed by atoms with E-state index in [0.717, 1.165) is 18.0 Å². The highest BCUT2D eigenvalue weighted by molar-refractivity contribution is 5.87. The van der Waals surface area contributed by atoms with E-state index in [9.17, 15) is 4.79 Å². The molecule has 0 aliphatic heterocycles. The van der Waals surface area contributed by atoms with Crippen molar-refractivity contribution in [1.29, 1.82) is 0 Å². The summed E-state index contributed by atoms with van der Waals surface area (Å²) >= 11 is 0. The fraction of sp³-hybridized carbons (Fsp3) is 0.562. The highest BCUT2D eigenvalue weighted by Crippen LogP contribution is 2.29. The van der Waals surface area contributed by atoms with Crippen LogP contribution in [0.2, 0.25) is 0 Å². The van der Waals surface area contributed by atoms with Crippen LogP contribution in [0.4, 0.5) is 0 Å². The Hall–Kier alpha value is -1.35. The Morgan fingerprint density at radius 2 is 1.95 bits per heavy atom. The zero-order valence-corrected chi connectivity index (χ0v) is 11.7. The lowest BCUT2D eigenvalue weighted by atomic mass is 9.78. The second kappa shape index (κ2) is 6.20. The molecule has 0 aromatic heterocycles. The molecule has 2 rings (SSSR count). The zero-order chi connectivity index (χ0) is 13.8. The molecule has 1 saturated carbocycles. The van der Waals surface area contributed by atoms with E-state index < -0.39 is 5.97 Å². The van der Waals surface area contributed by atoms with Gasteiger partial charge < -0.3 is 10.4 Å². The summed E-state index contributed by atoms with van der Waals surface area (Å²) in [7, 11) is 0. The van der Waals surface area contributed by atoms with Gasteiger partial charge in [-0.3, -0.25) is 0 Å². The maximum Gasteiger partial charge on any atom is 0.335 e. The number of carboxylic acid groups (broad SMARTS) is 1. The lowest BCUT2D eigenvalue weighted by Crippen LogP contribution is -2.40. The van der Waals surface area contributed by atoms with Crippen LogP contribution in [0.25, 0.3) is 0 Å². The summed E-state index contributed by atoms with van der Waals surface area (Å²) in [6.07, 6.45) is 3.90. The summed E-state index contributed by atoms with van der Waals surface area (Å²) in [4.78, 5) is 10.8. The molecule has 1 aliphatic carbocycles. The van der Waals surface area contributed by atoms with Crippen molar-refractivity contribution in [2.75, 3.05) is 0 Å². The lowest BCUT2D eigenvalue weighted by molar-refractivity contribution is 0.0697. The molecule has 1 fully saturated rings. The van der Waals surface area contributed by atoms with Gasteiger partial charge in [0.2, 0.25) is 0 Å². The van der Waals surface area contributed by atoms with Gasteiger partial charge in [-0.2, -0.15) is 0 Å². The minimum absolute atomic E-state index is 0.350. The van der Waals surface area contributed by atoms with Crippen LogP contribution in [0, 0.1) is 11.8 Å². The van der Waals surface area contributed by atoms with Gasteiger partial charge in [-0.25, -0.2) is 4.79 Å². The summed E-state index contributed by atoms with van der Waals surface area (Å²) in [6.45, 7) is 5.48. The van der Waals surface area contributed by atoms with Crippen LogP contribution in [-0.2, 0) is 6.54 Å². The number of carboxylic acids is 1. The molecule has 0 saturated heterocycles. The molecule has 3 nitrogen and oxygen atoms in total. The monoisotopic (exact) mass is 261 g/mol. The topological polar surface area (TPSA) is 49.3 Å². The van der Waals surface area contributed by atoms with Crippen molar-refractivity contribution in [2.24, 2.45) is 11.8 Å². The third kappa shape index (κ3) is 3.57. The third-order valence-electron chi connectivity index (χ3n) is 4.48. The molecule has 1 aromatic carbocycles. The SMILES string of the molecule is CC1CCCC(NCc2ccc(C(=O)O)cc2)C1C. The smallest absolute Gasteiger partial charge is 0.335 e. The highest BCUT2D eigenvalue weighted by Gasteiger charge is 2.26. The predicted octanol–water partition coefficient (Wildman–Crippen LogP) is 3.30. The zero-order valence-electron chi connectivity index (χ0n) is 11.7. The third-order valence-corrected chi connectivity index (χ3v) is 4.48. The Kier molecular flexibility index (Phi) is 4.59. The van der Waals surface area contributed by atoms with Gasteiger partial charge in [-0.1, -0.05) is 38.8 Å². The first kappa shape index (κ1) is 14.1. The number of rotatable bonds is 4. The Bertz CT molecular complexity index is 427. The molecule has 2 N–H and O–H groups in total. The van der Waals surface area contributed by atoms with E-state index >= 15 is 0 Å². The summed E-state index contributed by atoms with van der Waals surface area (Å²) in [5, 5.41) is 12.5. The van der Waals surface area contributed by atoms with Gasteiger partial charge in [0, 0.05) is 12.6 Å². The van der Waals surface area contributed by atoms with E-state index in [2.05, 4.69) is 19.2 Å². The van der Waals surface area contributed by atoms with Crippen LogP contribution < -0.4 is 5.32 Å². The van der Waals surface area contributed by atoms with E-state index in [1.165, 1.54) is 19.3 Å². The molecule has 0 radical (unpaired) electrons. The Labute approximate surface area is 115 Å². The highest BCUT2D eigenvalue weighted by atomic mass is 16.4. The molecular formula is C16H23NO2. The number of nitrogens with one attached hydrogen (secondary N) is 1. The maximum absolute atomic E-state index is 10.8. The molecule has 1 aliphatic rings. The van der Waals surface area contributed by atoms with E-state index in [0.29, 0.717) is 17.5 Å². The van der Waals surface area contributed by atoms with Gasteiger partial charge >= 0.3 is 5.97 Å². The van der Waals surface area contributed by atoms with Crippen molar-refractivity contribution in [3.63, 3.8) is 0 Å². The van der Waals surface area contributed by atoms with Gasteiger partial charge in [-0.15, -0.1) is 0 Å². The van der Waals surface area contributed by atoms with Crippen LogP contribution >= 0.6 is 0 Å². The van der Waals surface area contributed by atoms with Crippen molar-refractivity contribution in [3.8, 4) is 0 Å². The lowest BCUT2D eigenvalue weighted by Gasteiger charge is -2.34. The van der Waals surface area contributed by atoms with Gasteiger partial charge in [0.05, 0.1) is 5.56 Å². The normalized spacial score (nSPS) is 27.2. The minimum atomic E-state index is -0.866. The van der Waals surface area contributed by atoms with Gasteiger partial charge in [0.25, 0.3) is 0 Å². The largest absolute Gasteiger partial charge is 0.478 e. The minimum Gasteiger partial charge on any atom is -0.478 e. The summed E-state index contributed by atoms with van der Waals surface area (Å²) in [5.74, 6) is 0.641. The molecule has 3 heteroatoms. The van der Waals surface area contributed by atoms with Crippen LogP contribution in [-0.4, -0.2) is 17.1 Å². The van der Waals surface area contributed by atoms with E-state index in [1.54, 1.807) is 12.1 Å². The average Bonchev–Trinajstić information content (AvgIpc) is 2.41. The summed E-state index contributed by atoms with van der Waals surface area (Å²) in [5.41, 5.74) is 1.50. The Balaban J connectivity index is 1.89. The van der Waals surface area contributed by atoms with Crippen molar-refractivity contribution in [2.45, 2.75) is 45.7 Å². The van der Waals surface area contributed by atoms with Crippen molar-refractivity contribution in [3.05, 3.63) is 35.4 Å². The molecule has 3 atom stereocenters. The standard InChI is InChI=1S/C16H23NO2/c1-11-4-3-5-15(12(11)2)17-10-13-6-8-14(9-7-13)16(18)19/h6-9,11-12,15,17H,3-5,10H2,1-2H3,(H,18,19). The molecule has 0 bridgehead atoms. The van der Waals surface area contributed by atoms with E-state index in [1.807, 2.05) is 12.1 Å². The first-order chi connectivity index (χ1) is 9.08. The Morgan fingerprint density at radius 1 is 1.26 bits per heavy atom. The van der Waals surface area contributed by atoms with Gasteiger partial charge in [0.1, 0.15) is 0 Å². The Morgan fingerprint density at radius 3 is 2.58 bits per heavy atom. The summed E-state index contributed by atoms with van der Waals surface area (Å²) in [6, 6.07) is 7.72. The molecule has 0 heterocycles.